The van der Waals surface area contributed by atoms with Gasteiger partial charge in [-0.1, -0.05) is 42.5 Å². The second-order valence-electron chi connectivity index (χ2n) is 8.90. The number of aromatic carboxylic acids is 1. The van der Waals surface area contributed by atoms with Gasteiger partial charge in [0.1, 0.15) is 5.58 Å². The number of aryl methyl sites for hydroxylation is 1. The van der Waals surface area contributed by atoms with Crippen LogP contribution in [0.4, 0.5) is 11.6 Å². The zero-order valence-corrected chi connectivity index (χ0v) is 19.3. The molecule has 0 saturated heterocycles. The smallest absolute Gasteiger partial charge is 0.337 e. The van der Waals surface area contributed by atoms with Crippen molar-refractivity contribution in [1.82, 2.24) is 0 Å². The summed E-state index contributed by atoms with van der Waals surface area (Å²) in [6.07, 6.45) is 0. The first-order valence-electron chi connectivity index (χ1n) is 11.3. The van der Waals surface area contributed by atoms with Gasteiger partial charge < -0.3 is 19.7 Å². The fourth-order valence-corrected chi connectivity index (χ4v) is 4.83. The number of carbonyl (C=O) groups is 1. The lowest BCUT2D eigenvalue weighted by Crippen LogP contribution is -2.21. The molecule has 172 valence electrons. The van der Waals surface area contributed by atoms with Crippen molar-refractivity contribution >= 4 is 28.5 Å². The fourth-order valence-electron chi connectivity index (χ4n) is 4.83. The van der Waals surface area contributed by atoms with E-state index in [9.17, 15) is 14.7 Å². The van der Waals surface area contributed by atoms with E-state index < -0.39 is 5.97 Å². The second-order valence-corrected chi connectivity index (χ2v) is 8.90. The first-order chi connectivity index (χ1) is 16.3. The number of fused-ring (bicyclic) bond motifs is 2. The van der Waals surface area contributed by atoms with E-state index in [1.54, 1.807) is 30.3 Å². The standard InChI is InChI=1S/C28H26N2O4/c1-16-12-22(17(2)29-24-11-7-6-10-21(24)28(32)33)27-23(13-16)25(31)14-26(34-27)30-15-19-8-4-5-9-20(19)18(30)3/h4-14,17-18,29H,15H2,1-3H3,(H,32,33)/t17-,18-/m1/s1. The molecule has 0 unspecified atom stereocenters. The third-order valence-electron chi connectivity index (χ3n) is 6.58. The van der Waals surface area contributed by atoms with Crippen molar-refractivity contribution < 1.29 is 14.3 Å². The number of carboxylic acid groups (broad SMARTS) is 1. The topological polar surface area (TPSA) is 82.8 Å². The average Bonchev–Trinajstić information content (AvgIpc) is 3.16. The molecule has 1 aliphatic heterocycles. The molecular weight excluding hydrogens is 428 g/mol. The van der Waals surface area contributed by atoms with E-state index in [0.717, 1.165) is 11.1 Å². The minimum atomic E-state index is -0.999. The van der Waals surface area contributed by atoms with Gasteiger partial charge in [0.2, 0.25) is 5.88 Å². The van der Waals surface area contributed by atoms with Crippen molar-refractivity contribution in [3.8, 4) is 0 Å². The van der Waals surface area contributed by atoms with Crippen LogP contribution in [-0.2, 0) is 6.54 Å². The highest BCUT2D eigenvalue weighted by Gasteiger charge is 2.29. The van der Waals surface area contributed by atoms with Crippen LogP contribution in [0.25, 0.3) is 11.0 Å². The molecule has 0 radical (unpaired) electrons. The van der Waals surface area contributed by atoms with Crippen LogP contribution in [0.1, 0.15) is 58.5 Å². The third-order valence-corrected chi connectivity index (χ3v) is 6.58. The summed E-state index contributed by atoms with van der Waals surface area (Å²) in [6, 6.07) is 20.2. The molecule has 0 spiro atoms. The van der Waals surface area contributed by atoms with Gasteiger partial charge in [0.15, 0.2) is 5.43 Å². The molecule has 2 atom stereocenters. The van der Waals surface area contributed by atoms with Gasteiger partial charge in [-0.3, -0.25) is 4.79 Å². The second kappa shape index (κ2) is 8.37. The number of nitrogens with zero attached hydrogens (tertiary/aromatic N) is 1. The molecule has 6 heteroatoms. The maximum atomic E-state index is 13.2. The monoisotopic (exact) mass is 454 g/mol. The molecule has 1 aromatic heterocycles. The van der Waals surface area contributed by atoms with Crippen molar-refractivity contribution in [3.05, 3.63) is 105 Å². The first kappa shape index (κ1) is 21.8. The maximum Gasteiger partial charge on any atom is 0.337 e. The lowest BCUT2D eigenvalue weighted by atomic mass is 10.0. The summed E-state index contributed by atoms with van der Waals surface area (Å²) < 4.78 is 6.42. The van der Waals surface area contributed by atoms with E-state index >= 15 is 0 Å². The van der Waals surface area contributed by atoms with Gasteiger partial charge in [-0.15, -0.1) is 0 Å². The average molecular weight is 455 g/mol. The summed E-state index contributed by atoms with van der Waals surface area (Å²) in [5.74, 6) is -0.467. The van der Waals surface area contributed by atoms with Crippen LogP contribution in [0.5, 0.6) is 0 Å². The van der Waals surface area contributed by atoms with E-state index in [1.807, 2.05) is 38.1 Å². The summed E-state index contributed by atoms with van der Waals surface area (Å²) in [4.78, 5) is 26.9. The lowest BCUT2D eigenvalue weighted by Gasteiger charge is -2.24. The van der Waals surface area contributed by atoms with E-state index in [1.165, 1.54) is 11.1 Å². The molecule has 0 amide bonds. The largest absolute Gasteiger partial charge is 0.478 e. The predicted octanol–water partition coefficient (Wildman–Crippen LogP) is 6.05. The third kappa shape index (κ3) is 3.71. The Labute approximate surface area is 197 Å². The van der Waals surface area contributed by atoms with Gasteiger partial charge in [-0.05, 0) is 55.7 Å². The number of nitrogens with one attached hydrogen (secondary N) is 1. The van der Waals surface area contributed by atoms with Crippen LogP contribution < -0.4 is 15.6 Å². The molecule has 4 aromatic rings. The number of hydrogen-bond acceptors (Lipinski definition) is 5. The van der Waals surface area contributed by atoms with Crippen LogP contribution in [0.2, 0.25) is 0 Å². The highest BCUT2D eigenvalue weighted by atomic mass is 16.4. The molecule has 2 heterocycles. The Balaban J connectivity index is 1.59. The van der Waals surface area contributed by atoms with Crippen molar-refractivity contribution in [2.45, 2.75) is 39.4 Å². The quantitative estimate of drug-likeness (QED) is 0.382. The summed E-state index contributed by atoms with van der Waals surface area (Å²) >= 11 is 0. The molecule has 0 saturated carbocycles. The van der Waals surface area contributed by atoms with E-state index in [4.69, 9.17) is 4.42 Å². The van der Waals surface area contributed by atoms with Crippen molar-refractivity contribution in [1.29, 1.82) is 0 Å². The SMILES string of the molecule is Cc1cc([C@@H](C)Nc2ccccc2C(=O)O)c2oc(N3Cc4ccccc4[C@H]3C)cc(=O)c2c1. The molecule has 5 rings (SSSR count). The van der Waals surface area contributed by atoms with Gasteiger partial charge >= 0.3 is 5.97 Å². The number of para-hydroxylation sites is 1. The lowest BCUT2D eigenvalue weighted by molar-refractivity contribution is 0.0698. The molecule has 0 fully saturated rings. The Morgan fingerprint density at radius 2 is 1.85 bits per heavy atom. The Morgan fingerprint density at radius 3 is 2.62 bits per heavy atom. The Kier molecular flexibility index (Phi) is 5.36. The van der Waals surface area contributed by atoms with Crippen molar-refractivity contribution in [2.75, 3.05) is 10.2 Å². The van der Waals surface area contributed by atoms with E-state index in [0.29, 0.717) is 29.1 Å². The molecule has 3 aromatic carbocycles. The molecule has 0 aliphatic carbocycles. The van der Waals surface area contributed by atoms with Crippen LogP contribution in [0.3, 0.4) is 0 Å². The zero-order valence-electron chi connectivity index (χ0n) is 19.3. The Hall–Kier alpha value is -4.06. The van der Waals surface area contributed by atoms with Gasteiger partial charge in [0.05, 0.1) is 23.0 Å². The summed E-state index contributed by atoms with van der Waals surface area (Å²) in [6.45, 7) is 6.66. The summed E-state index contributed by atoms with van der Waals surface area (Å²) in [5.41, 5.74) is 5.32. The predicted molar refractivity (Wildman–Crippen MR) is 134 cm³/mol. The van der Waals surface area contributed by atoms with Crippen LogP contribution in [0, 0.1) is 6.92 Å². The number of benzene rings is 3. The minimum Gasteiger partial charge on any atom is -0.478 e. The molecular formula is C28H26N2O4. The number of carboxylic acids is 1. The van der Waals surface area contributed by atoms with E-state index in [-0.39, 0.29) is 23.1 Å². The number of hydrogen-bond donors (Lipinski definition) is 2. The maximum absolute atomic E-state index is 13.2. The van der Waals surface area contributed by atoms with Gasteiger partial charge in [0.25, 0.3) is 0 Å². The molecule has 2 N–H and O–H groups in total. The van der Waals surface area contributed by atoms with Crippen molar-refractivity contribution in [2.24, 2.45) is 0 Å². The van der Waals surface area contributed by atoms with Gasteiger partial charge in [0, 0.05) is 23.9 Å². The molecule has 6 nitrogen and oxygen atoms in total. The molecule has 0 bridgehead atoms. The van der Waals surface area contributed by atoms with Crippen molar-refractivity contribution in [3.63, 3.8) is 0 Å². The normalized spacial score (nSPS) is 15.9. The van der Waals surface area contributed by atoms with Crippen LogP contribution in [0.15, 0.2) is 75.9 Å². The number of anilines is 2. The van der Waals surface area contributed by atoms with E-state index in [2.05, 4.69) is 29.3 Å². The molecule has 34 heavy (non-hydrogen) atoms. The highest BCUT2D eigenvalue weighted by Crippen LogP contribution is 2.38. The first-order valence-corrected chi connectivity index (χ1v) is 11.3. The number of rotatable bonds is 5. The fraction of sp³-hybridized carbons (Fsp3) is 0.214. The summed E-state index contributed by atoms with van der Waals surface area (Å²) in [7, 11) is 0. The van der Waals surface area contributed by atoms with Crippen LogP contribution in [-0.4, -0.2) is 11.1 Å². The minimum absolute atomic E-state index is 0.0868. The Morgan fingerprint density at radius 1 is 1.12 bits per heavy atom. The molecule has 1 aliphatic rings. The van der Waals surface area contributed by atoms with Gasteiger partial charge in [-0.25, -0.2) is 4.79 Å². The Bertz CT molecular complexity index is 1470. The highest BCUT2D eigenvalue weighted by molar-refractivity contribution is 5.94. The zero-order chi connectivity index (χ0) is 24.0. The summed E-state index contributed by atoms with van der Waals surface area (Å²) in [5, 5.41) is 13.4. The van der Waals surface area contributed by atoms with Gasteiger partial charge in [-0.2, -0.15) is 0 Å². The van der Waals surface area contributed by atoms with Crippen LogP contribution >= 0.6 is 0 Å².